The molecule has 0 fully saturated rings. The first kappa shape index (κ1) is 18.5. The second-order valence-electron chi connectivity index (χ2n) is 4.85. The molecule has 0 aliphatic rings. The lowest BCUT2D eigenvalue weighted by atomic mass is 10.2. The Hall–Kier alpha value is -2.85. The van der Waals surface area contributed by atoms with Crippen molar-refractivity contribution in [3.8, 4) is 5.88 Å². The fourth-order valence-electron chi connectivity index (χ4n) is 1.90. The van der Waals surface area contributed by atoms with E-state index >= 15 is 0 Å². The van der Waals surface area contributed by atoms with Gasteiger partial charge < -0.3 is 15.4 Å². The topological polar surface area (TPSA) is 89.2 Å². The molecule has 2 rings (SSSR count). The third-order valence-corrected chi connectivity index (χ3v) is 3.15. The van der Waals surface area contributed by atoms with Crippen molar-refractivity contribution in [3.63, 3.8) is 0 Å². The van der Waals surface area contributed by atoms with Crippen LogP contribution in [0.5, 0.6) is 5.88 Å². The normalized spacial score (nSPS) is 12.1. The van der Waals surface area contributed by atoms with Crippen molar-refractivity contribution < 1.29 is 17.9 Å². The first-order valence-electron chi connectivity index (χ1n) is 7.34. The SMILES string of the molecule is CN=C(NCCOc1ncccc1C(F)(F)F)NCc1ncnn1C. The Balaban J connectivity index is 1.79. The quantitative estimate of drug-likeness (QED) is 0.455. The molecule has 0 bridgehead atoms. The number of ether oxygens (including phenoxy) is 1. The Kier molecular flexibility index (Phi) is 6.14. The molecule has 0 aliphatic heterocycles. The van der Waals surface area contributed by atoms with E-state index in [0.717, 1.165) is 6.07 Å². The van der Waals surface area contributed by atoms with E-state index in [1.54, 1.807) is 18.8 Å². The number of hydrogen-bond acceptors (Lipinski definition) is 5. The van der Waals surface area contributed by atoms with Gasteiger partial charge >= 0.3 is 6.18 Å². The monoisotopic (exact) mass is 357 g/mol. The number of pyridine rings is 1. The van der Waals surface area contributed by atoms with Crippen LogP contribution in [0.25, 0.3) is 0 Å². The van der Waals surface area contributed by atoms with Gasteiger partial charge in [0, 0.05) is 20.3 Å². The van der Waals surface area contributed by atoms with Crippen molar-refractivity contribution in [2.24, 2.45) is 12.0 Å². The molecule has 2 aromatic heterocycles. The van der Waals surface area contributed by atoms with Crippen LogP contribution in [0.3, 0.4) is 0 Å². The van der Waals surface area contributed by atoms with Gasteiger partial charge in [-0.3, -0.25) is 9.67 Å². The van der Waals surface area contributed by atoms with Crippen molar-refractivity contribution in [2.45, 2.75) is 12.7 Å². The highest BCUT2D eigenvalue weighted by Gasteiger charge is 2.34. The zero-order valence-electron chi connectivity index (χ0n) is 13.7. The van der Waals surface area contributed by atoms with Crippen LogP contribution in [0.1, 0.15) is 11.4 Å². The van der Waals surface area contributed by atoms with Crippen LogP contribution in [0, 0.1) is 0 Å². The smallest absolute Gasteiger partial charge is 0.421 e. The van der Waals surface area contributed by atoms with Gasteiger partial charge in [-0.2, -0.15) is 18.3 Å². The summed E-state index contributed by atoms with van der Waals surface area (Å²) in [5.41, 5.74) is -0.903. The number of hydrogen-bond donors (Lipinski definition) is 2. The maximum absolute atomic E-state index is 12.8. The van der Waals surface area contributed by atoms with Crippen molar-refractivity contribution in [1.29, 1.82) is 0 Å². The summed E-state index contributed by atoms with van der Waals surface area (Å²) >= 11 is 0. The molecular formula is C14H18F3N7O. The molecule has 0 unspecified atom stereocenters. The first-order valence-corrected chi connectivity index (χ1v) is 7.34. The van der Waals surface area contributed by atoms with Crippen LogP contribution in [0.15, 0.2) is 29.6 Å². The van der Waals surface area contributed by atoms with Crippen LogP contribution in [0.4, 0.5) is 13.2 Å². The van der Waals surface area contributed by atoms with Gasteiger partial charge in [-0.25, -0.2) is 9.97 Å². The molecule has 0 spiro atoms. The van der Waals surface area contributed by atoms with Crippen molar-refractivity contribution in [3.05, 3.63) is 36.0 Å². The van der Waals surface area contributed by atoms with Gasteiger partial charge in [-0.05, 0) is 12.1 Å². The molecular weight excluding hydrogens is 339 g/mol. The van der Waals surface area contributed by atoms with Crippen molar-refractivity contribution in [1.82, 2.24) is 30.4 Å². The van der Waals surface area contributed by atoms with Gasteiger partial charge in [0.05, 0.1) is 13.1 Å². The molecule has 2 heterocycles. The zero-order chi connectivity index (χ0) is 18.3. The molecule has 0 atom stereocenters. The number of alkyl halides is 3. The Morgan fingerprint density at radius 3 is 2.76 bits per heavy atom. The van der Waals surface area contributed by atoms with Gasteiger partial charge in [0.15, 0.2) is 5.96 Å². The Labute approximate surface area is 142 Å². The van der Waals surface area contributed by atoms with E-state index in [9.17, 15) is 13.2 Å². The summed E-state index contributed by atoms with van der Waals surface area (Å²) < 4.78 is 45.2. The lowest BCUT2D eigenvalue weighted by Crippen LogP contribution is -2.39. The van der Waals surface area contributed by atoms with Crippen molar-refractivity contribution >= 4 is 5.96 Å². The van der Waals surface area contributed by atoms with Crippen molar-refractivity contribution in [2.75, 3.05) is 20.2 Å². The highest BCUT2D eigenvalue weighted by molar-refractivity contribution is 5.79. The zero-order valence-corrected chi connectivity index (χ0v) is 13.7. The average Bonchev–Trinajstić information content (AvgIpc) is 2.99. The van der Waals surface area contributed by atoms with E-state index < -0.39 is 17.6 Å². The lowest BCUT2D eigenvalue weighted by Gasteiger charge is -2.14. The van der Waals surface area contributed by atoms with E-state index in [1.165, 1.54) is 18.6 Å². The van der Waals surface area contributed by atoms with Gasteiger partial charge in [-0.15, -0.1) is 0 Å². The van der Waals surface area contributed by atoms with E-state index in [4.69, 9.17) is 4.74 Å². The summed E-state index contributed by atoms with van der Waals surface area (Å²) in [4.78, 5) is 11.7. The lowest BCUT2D eigenvalue weighted by molar-refractivity contribution is -0.139. The molecule has 0 amide bonds. The number of aromatic nitrogens is 4. The molecule has 0 saturated carbocycles. The Bertz CT molecular complexity index is 714. The number of nitrogens with one attached hydrogen (secondary N) is 2. The number of rotatable bonds is 6. The molecule has 0 aromatic carbocycles. The number of halogens is 3. The van der Waals surface area contributed by atoms with Crippen LogP contribution >= 0.6 is 0 Å². The van der Waals surface area contributed by atoms with Gasteiger partial charge in [0.1, 0.15) is 24.3 Å². The van der Waals surface area contributed by atoms with Gasteiger partial charge in [-0.1, -0.05) is 0 Å². The van der Waals surface area contributed by atoms with Crippen LogP contribution in [-0.2, 0) is 19.8 Å². The maximum atomic E-state index is 12.8. The molecule has 0 saturated heterocycles. The summed E-state index contributed by atoms with van der Waals surface area (Å²) in [6.07, 6.45) is -1.82. The minimum Gasteiger partial charge on any atom is -0.475 e. The standard InChI is InChI=1S/C14H18F3N7O/c1-18-13(21-8-11-22-9-23-24(11)2)20-6-7-25-12-10(14(15,16)17)4-3-5-19-12/h3-5,9H,6-8H2,1-2H3,(H2,18,20,21). The largest absolute Gasteiger partial charge is 0.475 e. The molecule has 8 nitrogen and oxygen atoms in total. The molecule has 0 radical (unpaired) electrons. The predicted octanol–water partition coefficient (Wildman–Crippen LogP) is 0.973. The van der Waals surface area contributed by atoms with Gasteiger partial charge in [0.25, 0.3) is 0 Å². The van der Waals surface area contributed by atoms with E-state index in [1.807, 2.05) is 0 Å². The summed E-state index contributed by atoms with van der Waals surface area (Å²) in [6.45, 7) is 0.632. The third kappa shape index (κ3) is 5.33. The molecule has 11 heteroatoms. The Morgan fingerprint density at radius 2 is 2.12 bits per heavy atom. The third-order valence-electron chi connectivity index (χ3n) is 3.15. The fourth-order valence-corrected chi connectivity index (χ4v) is 1.90. The van der Waals surface area contributed by atoms with Gasteiger partial charge in [0.2, 0.25) is 5.88 Å². The number of nitrogens with zero attached hydrogens (tertiary/aromatic N) is 5. The minimum atomic E-state index is -4.51. The fraction of sp³-hybridized carbons (Fsp3) is 0.429. The second-order valence-corrected chi connectivity index (χ2v) is 4.85. The summed E-state index contributed by atoms with van der Waals surface area (Å²) in [7, 11) is 3.34. The number of aliphatic imine (C=N–C) groups is 1. The predicted molar refractivity (Wildman–Crippen MR) is 83.9 cm³/mol. The molecule has 25 heavy (non-hydrogen) atoms. The first-order chi connectivity index (χ1) is 11.9. The molecule has 2 N–H and O–H groups in total. The van der Waals surface area contributed by atoms with Crippen LogP contribution < -0.4 is 15.4 Å². The summed E-state index contributed by atoms with van der Waals surface area (Å²) in [5, 5.41) is 9.88. The molecule has 2 aromatic rings. The molecule has 136 valence electrons. The maximum Gasteiger partial charge on any atom is 0.421 e. The van der Waals surface area contributed by atoms with Crippen LogP contribution in [-0.4, -0.2) is 45.9 Å². The number of guanidine groups is 1. The minimum absolute atomic E-state index is 0.00917. The Morgan fingerprint density at radius 1 is 1.32 bits per heavy atom. The van der Waals surface area contributed by atoms with Crippen LogP contribution in [0.2, 0.25) is 0 Å². The second kappa shape index (κ2) is 8.31. The summed E-state index contributed by atoms with van der Waals surface area (Å²) in [5.74, 6) is 0.727. The van der Waals surface area contributed by atoms with E-state index in [2.05, 4.69) is 30.7 Å². The summed E-state index contributed by atoms with van der Waals surface area (Å²) in [6, 6.07) is 2.14. The van der Waals surface area contributed by atoms with E-state index in [0.29, 0.717) is 18.3 Å². The highest BCUT2D eigenvalue weighted by atomic mass is 19.4. The average molecular weight is 357 g/mol. The number of aryl methyl sites for hydroxylation is 1. The van der Waals surface area contributed by atoms with E-state index in [-0.39, 0.29) is 13.2 Å². The molecule has 0 aliphatic carbocycles. The highest BCUT2D eigenvalue weighted by Crippen LogP contribution is 2.34.